The Kier molecular flexibility index (Phi) is 49.6. The fourth-order valence-corrected chi connectivity index (χ4v) is 4.61. The van der Waals surface area contributed by atoms with Gasteiger partial charge in [0.05, 0.1) is 19.8 Å². The van der Waals surface area contributed by atoms with E-state index in [1.807, 2.05) is 0 Å². The van der Waals surface area contributed by atoms with E-state index >= 15 is 0 Å². The normalized spacial score (nSPS) is 12.1. The Labute approximate surface area is 311 Å². The van der Waals surface area contributed by atoms with Crippen molar-refractivity contribution < 1.29 is 45.0 Å². The lowest BCUT2D eigenvalue weighted by atomic mass is 10.1. The number of hydrogen-bond acceptors (Lipinski definition) is 8. The van der Waals surface area contributed by atoms with Crippen LogP contribution in [0.5, 0.6) is 0 Å². The summed E-state index contributed by atoms with van der Waals surface area (Å²) in [5.41, 5.74) is 0. The molecule has 300 valence electrons. The molecule has 0 aromatic carbocycles. The highest BCUT2D eigenvalue weighted by Crippen LogP contribution is 2.11. The van der Waals surface area contributed by atoms with Crippen molar-refractivity contribution in [1.29, 1.82) is 0 Å². The van der Waals surface area contributed by atoms with Gasteiger partial charge in [0, 0.05) is 12.8 Å². The lowest BCUT2D eigenvalue weighted by molar-refractivity contribution is -0.147. The van der Waals surface area contributed by atoms with Crippen LogP contribution in [0, 0.1) is 0 Å². The molecule has 0 saturated carbocycles. The number of ether oxygens (including phenoxy) is 1. The largest absolute Gasteiger partial charge is 0.481 e. The molecular weight excluding hydrogens is 648 g/mol. The average Bonchev–Trinajstić information content (AvgIpc) is 3.13. The zero-order valence-electron chi connectivity index (χ0n) is 32.5. The number of carbonyl (C=O) groups is 2. The minimum absolute atomic E-state index is 0.119. The molecule has 1 atom stereocenters. The Morgan fingerprint density at radius 1 is 0.510 bits per heavy atom. The second-order valence-electron chi connectivity index (χ2n) is 12.9. The zero-order valence-corrected chi connectivity index (χ0v) is 32.5. The Balaban J connectivity index is -0.000000791. The summed E-state index contributed by atoms with van der Waals surface area (Å²) in [5, 5.41) is 50.2. The lowest BCUT2D eigenvalue weighted by Crippen LogP contribution is -2.21. The Morgan fingerprint density at radius 2 is 0.902 bits per heavy atom. The number of aliphatic hydroxyl groups is 5. The Hall–Kier alpha value is -2.30. The third kappa shape index (κ3) is 54.6. The molecule has 0 fully saturated rings. The number of unbranched alkanes of at least 4 members (excludes halogenated alkanes) is 16. The number of carboxylic acid groups (broad SMARTS) is 1. The van der Waals surface area contributed by atoms with E-state index in [-0.39, 0.29) is 32.4 Å². The first-order valence-corrected chi connectivity index (χ1v) is 19.9. The molecule has 0 aromatic heterocycles. The van der Waals surface area contributed by atoms with E-state index in [9.17, 15) is 9.59 Å². The van der Waals surface area contributed by atoms with Gasteiger partial charge in [-0.2, -0.15) is 0 Å². The van der Waals surface area contributed by atoms with Gasteiger partial charge in [-0.15, -0.1) is 0 Å². The number of aliphatic hydroxyl groups excluding tert-OH is 5. The molecule has 1 unspecified atom stereocenters. The SMILES string of the molecule is CC/C=C\C/C=C\C/C=C\CCCCCCCC(=O)OCC(O)CO.CCCCCCCC/C=C\CCCCCCCC(=O)O.OCC(O)CO. The zero-order chi connectivity index (χ0) is 38.5. The maximum Gasteiger partial charge on any atom is 0.305 e. The Bertz CT molecular complexity index is 819. The van der Waals surface area contributed by atoms with E-state index in [2.05, 4.69) is 62.5 Å². The summed E-state index contributed by atoms with van der Waals surface area (Å²) >= 11 is 0. The van der Waals surface area contributed by atoms with E-state index in [0.717, 1.165) is 57.8 Å². The van der Waals surface area contributed by atoms with Gasteiger partial charge < -0.3 is 35.4 Å². The molecule has 0 saturated heterocycles. The van der Waals surface area contributed by atoms with Gasteiger partial charge in [-0.25, -0.2) is 0 Å². The van der Waals surface area contributed by atoms with E-state index in [4.69, 9.17) is 35.4 Å². The molecule has 0 heterocycles. The van der Waals surface area contributed by atoms with Gasteiger partial charge in [0.15, 0.2) is 0 Å². The summed E-state index contributed by atoms with van der Waals surface area (Å²) in [5.74, 6) is -0.962. The summed E-state index contributed by atoms with van der Waals surface area (Å²) in [4.78, 5) is 21.7. The average molecular weight is 727 g/mol. The topological polar surface area (TPSA) is 165 Å². The molecule has 0 radical (unpaired) electrons. The molecule has 0 aliphatic heterocycles. The number of carbonyl (C=O) groups excluding carboxylic acids is 1. The quantitative estimate of drug-likeness (QED) is 0.0220. The summed E-state index contributed by atoms with van der Waals surface area (Å²) in [6.45, 7) is 3.17. The number of allylic oxidation sites excluding steroid dienone is 8. The highest BCUT2D eigenvalue weighted by molar-refractivity contribution is 5.69. The molecule has 9 nitrogen and oxygen atoms in total. The number of aliphatic carboxylic acids is 1. The molecule has 6 N–H and O–H groups in total. The molecule has 0 aliphatic carbocycles. The van der Waals surface area contributed by atoms with Gasteiger partial charge in [-0.05, 0) is 70.6 Å². The van der Waals surface area contributed by atoms with Gasteiger partial charge in [-0.1, -0.05) is 133 Å². The van der Waals surface area contributed by atoms with Crippen molar-refractivity contribution in [2.45, 2.75) is 180 Å². The molecule has 51 heavy (non-hydrogen) atoms. The molecule has 9 heteroatoms. The van der Waals surface area contributed by atoms with Gasteiger partial charge in [-0.3, -0.25) is 9.59 Å². The monoisotopic (exact) mass is 727 g/mol. The van der Waals surface area contributed by atoms with Crippen LogP contribution in [0.2, 0.25) is 0 Å². The highest BCUT2D eigenvalue weighted by atomic mass is 16.5. The second kappa shape index (κ2) is 47.7. The maximum atomic E-state index is 11.4. The maximum absolute atomic E-state index is 11.4. The summed E-state index contributed by atoms with van der Waals surface area (Å²) in [6, 6.07) is 0. The smallest absolute Gasteiger partial charge is 0.305 e. The van der Waals surface area contributed by atoms with Crippen LogP contribution in [0.4, 0.5) is 0 Å². The molecule has 0 aromatic rings. The lowest BCUT2D eigenvalue weighted by Gasteiger charge is -2.08. The van der Waals surface area contributed by atoms with Crippen LogP contribution in [-0.2, 0) is 14.3 Å². The number of rotatable bonds is 33. The van der Waals surface area contributed by atoms with Crippen molar-refractivity contribution in [2.24, 2.45) is 0 Å². The molecule has 0 rings (SSSR count). The molecule has 0 spiro atoms. The van der Waals surface area contributed by atoms with Crippen molar-refractivity contribution in [3.05, 3.63) is 48.6 Å². The van der Waals surface area contributed by atoms with Crippen LogP contribution in [0.3, 0.4) is 0 Å². The van der Waals surface area contributed by atoms with Gasteiger partial charge >= 0.3 is 11.9 Å². The predicted molar refractivity (Wildman–Crippen MR) is 211 cm³/mol. The predicted octanol–water partition coefficient (Wildman–Crippen LogP) is 8.91. The molecule has 0 aliphatic rings. The fraction of sp³-hybridized carbons (Fsp3) is 0.762. The van der Waals surface area contributed by atoms with Gasteiger partial charge in [0.2, 0.25) is 0 Å². The van der Waals surface area contributed by atoms with Crippen LogP contribution < -0.4 is 0 Å². The number of hydrogen-bond donors (Lipinski definition) is 6. The summed E-state index contributed by atoms with van der Waals surface area (Å²) in [6.07, 6.45) is 42.5. The summed E-state index contributed by atoms with van der Waals surface area (Å²) in [7, 11) is 0. The van der Waals surface area contributed by atoms with Crippen LogP contribution in [0.1, 0.15) is 168 Å². The highest BCUT2D eigenvalue weighted by Gasteiger charge is 2.07. The van der Waals surface area contributed by atoms with Crippen LogP contribution in [0.15, 0.2) is 48.6 Å². The van der Waals surface area contributed by atoms with Gasteiger partial charge in [0.1, 0.15) is 18.8 Å². The Morgan fingerprint density at radius 3 is 1.33 bits per heavy atom. The molecule has 0 bridgehead atoms. The minimum Gasteiger partial charge on any atom is -0.481 e. The van der Waals surface area contributed by atoms with Crippen LogP contribution in [0.25, 0.3) is 0 Å². The fourth-order valence-electron chi connectivity index (χ4n) is 4.61. The molecule has 0 amide bonds. The van der Waals surface area contributed by atoms with Crippen molar-refractivity contribution in [3.8, 4) is 0 Å². The van der Waals surface area contributed by atoms with E-state index in [0.29, 0.717) is 12.8 Å². The molecular formula is C42H78O9. The second-order valence-corrected chi connectivity index (χ2v) is 12.9. The standard InChI is InChI=1S/C21H36O4.C18H34O2.C3H8O3/c1-2-3-4-5-6-7-8-9-10-11-12-13-14-15-16-17-21(24)25-19-20(23)18-22;1-2-3-4-5-6-7-8-9-10-11-12-13-14-15-16-17-18(19)20;4-1-3(6)2-5/h3-4,6-7,9-10,20,22-23H,2,5,8,11-19H2,1H3;9-10H,2-8,11-17H2,1H3,(H,19,20);3-6H,1-2H2/b4-3-,7-6-,10-9-;10-9-;. The van der Waals surface area contributed by atoms with Crippen LogP contribution in [-0.4, -0.2) is 81.2 Å². The van der Waals surface area contributed by atoms with Gasteiger partial charge in [0.25, 0.3) is 0 Å². The van der Waals surface area contributed by atoms with Crippen molar-refractivity contribution >= 4 is 11.9 Å². The first-order chi connectivity index (χ1) is 24.8. The summed E-state index contributed by atoms with van der Waals surface area (Å²) < 4.78 is 4.85. The van der Waals surface area contributed by atoms with E-state index < -0.39 is 18.2 Å². The first-order valence-electron chi connectivity index (χ1n) is 19.9. The number of esters is 1. The first kappa shape index (κ1) is 53.1. The van der Waals surface area contributed by atoms with Crippen molar-refractivity contribution in [3.63, 3.8) is 0 Å². The van der Waals surface area contributed by atoms with E-state index in [1.54, 1.807) is 0 Å². The number of carboxylic acids is 1. The van der Waals surface area contributed by atoms with E-state index in [1.165, 1.54) is 83.5 Å². The third-order valence-electron chi connectivity index (χ3n) is 7.75. The third-order valence-corrected chi connectivity index (χ3v) is 7.75. The van der Waals surface area contributed by atoms with Crippen LogP contribution >= 0.6 is 0 Å². The van der Waals surface area contributed by atoms with Crippen molar-refractivity contribution in [1.82, 2.24) is 0 Å². The minimum atomic E-state index is -0.967. The van der Waals surface area contributed by atoms with Crippen molar-refractivity contribution in [2.75, 3.05) is 26.4 Å².